The molecule has 1 aromatic heterocycles. The van der Waals surface area contributed by atoms with Crippen LogP contribution in [0.4, 0.5) is 0 Å². The van der Waals surface area contributed by atoms with Gasteiger partial charge in [0.15, 0.2) is 0 Å². The zero-order valence-corrected chi connectivity index (χ0v) is 8.96. The van der Waals surface area contributed by atoms with E-state index in [0.717, 1.165) is 5.57 Å². The highest BCUT2D eigenvalue weighted by Gasteiger charge is 2.12. The maximum absolute atomic E-state index is 10.7. The first kappa shape index (κ1) is 11.5. The third-order valence-corrected chi connectivity index (χ3v) is 1.93. The zero-order valence-electron chi connectivity index (χ0n) is 8.96. The lowest BCUT2D eigenvalue weighted by Crippen LogP contribution is -2.14. The molecule has 0 amide bonds. The first-order valence-corrected chi connectivity index (χ1v) is 4.68. The molecular weight excluding hydrogens is 194 g/mol. The van der Waals surface area contributed by atoms with E-state index in [2.05, 4.69) is 11.9 Å². The molecule has 0 aromatic carbocycles. The van der Waals surface area contributed by atoms with E-state index >= 15 is 0 Å². The van der Waals surface area contributed by atoms with Gasteiger partial charge in [0.2, 0.25) is 0 Å². The molecule has 4 nitrogen and oxygen atoms in total. The molecule has 0 saturated carbocycles. The smallest absolute Gasteiger partial charge is 0.339 e. The minimum absolute atomic E-state index is 0.224. The molecule has 0 atom stereocenters. The van der Waals surface area contributed by atoms with Gasteiger partial charge in [-0.25, -0.2) is 4.79 Å². The van der Waals surface area contributed by atoms with Crippen LogP contribution in [0.3, 0.4) is 0 Å². The van der Waals surface area contributed by atoms with Gasteiger partial charge in [0.1, 0.15) is 17.1 Å². The predicted octanol–water partition coefficient (Wildman–Crippen LogP) is 1.95. The summed E-state index contributed by atoms with van der Waals surface area (Å²) in [5.41, 5.74) is 1.25. The summed E-state index contributed by atoms with van der Waals surface area (Å²) in [5, 5.41) is 11.9. The highest BCUT2D eigenvalue weighted by Crippen LogP contribution is 2.14. The molecule has 15 heavy (non-hydrogen) atoms. The molecule has 2 N–H and O–H groups in total. The molecule has 1 aromatic rings. The standard InChI is InChI=1S/C11H15NO3/c1-7(2)5-12-6-9-4-10(11(13)14)8(3)15-9/h4,12H,1,5-6H2,2-3H3,(H,13,14). The molecule has 1 rings (SSSR count). The molecule has 1 heterocycles. The topological polar surface area (TPSA) is 62.5 Å². The van der Waals surface area contributed by atoms with E-state index in [4.69, 9.17) is 9.52 Å². The Morgan fingerprint density at radius 2 is 2.33 bits per heavy atom. The van der Waals surface area contributed by atoms with Crippen molar-refractivity contribution in [3.8, 4) is 0 Å². The van der Waals surface area contributed by atoms with Crippen molar-refractivity contribution in [2.45, 2.75) is 20.4 Å². The number of carboxylic acid groups (broad SMARTS) is 1. The van der Waals surface area contributed by atoms with Gasteiger partial charge >= 0.3 is 5.97 Å². The maximum Gasteiger partial charge on any atom is 0.339 e. The Morgan fingerprint density at radius 1 is 1.67 bits per heavy atom. The molecule has 0 aliphatic heterocycles. The van der Waals surface area contributed by atoms with Crippen molar-refractivity contribution in [2.24, 2.45) is 0 Å². The van der Waals surface area contributed by atoms with Crippen molar-refractivity contribution in [2.75, 3.05) is 6.54 Å². The number of aromatic carboxylic acids is 1. The molecule has 0 unspecified atom stereocenters. The Balaban J connectivity index is 2.59. The van der Waals surface area contributed by atoms with E-state index in [0.29, 0.717) is 24.6 Å². The van der Waals surface area contributed by atoms with Crippen LogP contribution >= 0.6 is 0 Å². The Bertz CT molecular complexity index is 379. The summed E-state index contributed by atoms with van der Waals surface area (Å²) >= 11 is 0. The minimum Gasteiger partial charge on any atom is -0.478 e. The molecular formula is C11H15NO3. The molecule has 0 spiro atoms. The first-order chi connectivity index (χ1) is 7.00. The SMILES string of the molecule is C=C(C)CNCc1cc(C(=O)O)c(C)o1. The predicted molar refractivity (Wildman–Crippen MR) is 56.9 cm³/mol. The molecule has 0 saturated heterocycles. The summed E-state index contributed by atoms with van der Waals surface area (Å²) in [6.07, 6.45) is 0. The van der Waals surface area contributed by atoms with Crippen LogP contribution in [-0.4, -0.2) is 17.6 Å². The number of carboxylic acids is 1. The van der Waals surface area contributed by atoms with E-state index in [1.54, 1.807) is 13.0 Å². The summed E-state index contributed by atoms with van der Waals surface area (Å²) in [4.78, 5) is 10.7. The van der Waals surface area contributed by atoms with Crippen molar-refractivity contribution >= 4 is 5.97 Å². The first-order valence-electron chi connectivity index (χ1n) is 4.68. The lowest BCUT2D eigenvalue weighted by atomic mass is 10.2. The fraction of sp³-hybridized carbons (Fsp3) is 0.364. The van der Waals surface area contributed by atoms with Gasteiger partial charge in [-0.05, 0) is 19.9 Å². The van der Waals surface area contributed by atoms with E-state index in [1.165, 1.54) is 0 Å². The normalized spacial score (nSPS) is 10.3. The van der Waals surface area contributed by atoms with Gasteiger partial charge in [-0.3, -0.25) is 0 Å². The number of hydrogen-bond donors (Lipinski definition) is 2. The number of aryl methyl sites for hydroxylation is 1. The monoisotopic (exact) mass is 209 g/mol. The second kappa shape index (κ2) is 4.79. The van der Waals surface area contributed by atoms with Crippen LogP contribution in [0.25, 0.3) is 0 Å². The van der Waals surface area contributed by atoms with Crippen LogP contribution in [0, 0.1) is 6.92 Å². The number of nitrogens with one attached hydrogen (secondary N) is 1. The summed E-state index contributed by atoms with van der Waals surface area (Å²) in [6, 6.07) is 1.54. The molecule has 82 valence electrons. The molecule has 0 aliphatic carbocycles. The number of hydrogen-bond acceptors (Lipinski definition) is 3. The Labute approximate surface area is 88.6 Å². The summed E-state index contributed by atoms with van der Waals surface area (Å²) in [7, 11) is 0. The van der Waals surface area contributed by atoms with Crippen molar-refractivity contribution in [1.29, 1.82) is 0 Å². The molecule has 0 aliphatic rings. The summed E-state index contributed by atoms with van der Waals surface area (Å²) < 4.78 is 5.28. The Kier molecular flexibility index (Phi) is 3.68. The average Bonchev–Trinajstić information content (AvgIpc) is 2.46. The number of furan rings is 1. The quantitative estimate of drug-likeness (QED) is 0.727. The van der Waals surface area contributed by atoms with Gasteiger partial charge in [0.25, 0.3) is 0 Å². The molecule has 4 heteroatoms. The zero-order chi connectivity index (χ0) is 11.4. The van der Waals surface area contributed by atoms with Crippen LogP contribution in [0.5, 0.6) is 0 Å². The maximum atomic E-state index is 10.7. The lowest BCUT2D eigenvalue weighted by molar-refractivity contribution is 0.0695. The molecule has 0 fully saturated rings. The third-order valence-electron chi connectivity index (χ3n) is 1.93. The van der Waals surface area contributed by atoms with Crippen LogP contribution in [0.1, 0.15) is 28.8 Å². The summed E-state index contributed by atoms with van der Waals surface area (Å²) in [6.45, 7) is 8.53. The van der Waals surface area contributed by atoms with E-state index in [1.807, 2.05) is 6.92 Å². The van der Waals surface area contributed by atoms with E-state index < -0.39 is 5.97 Å². The highest BCUT2D eigenvalue weighted by molar-refractivity contribution is 5.88. The van der Waals surface area contributed by atoms with Crippen molar-refractivity contribution in [1.82, 2.24) is 5.32 Å². The lowest BCUT2D eigenvalue weighted by Gasteiger charge is -2.00. The second-order valence-corrected chi connectivity index (χ2v) is 3.55. The summed E-state index contributed by atoms with van der Waals surface area (Å²) in [5.74, 6) is 0.114. The largest absolute Gasteiger partial charge is 0.478 e. The third kappa shape index (κ3) is 3.25. The van der Waals surface area contributed by atoms with Crippen molar-refractivity contribution < 1.29 is 14.3 Å². The second-order valence-electron chi connectivity index (χ2n) is 3.55. The van der Waals surface area contributed by atoms with Crippen molar-refractivity contribution in [3.63, 3.8) is 0 Å². The number of carbonyl (C=O) groups is 1. The molecule has 0 bridgehead atoms. The van der Waals surface area contributed by atoms with Crippen LogP contribution in [-0.2, 0) is 6.54 Å². The fourth-order valence-electron chi connectivity index (χ4n) is 1.24. The minimum atomic E-state index is -0.956. The average molecular weight is 209 g/mol. The fourth-order valence-corrected chi connectivity index (χ4v) is 1.24. The van der Waals surface area contributed by atoms with Gasteiger partial charge in [0, 0.05) is 6.54 Å². The van der Waals surface area contributed by atoms with Gasteiger partial charge in [-0.15, -0.1) is 0 Å². The van der Waals surface area contributed by atoms with Crippen LogP contribution in [0.15, 0.2) is 22.6 Å². The van der Waals surface area contributed by atoms with Gasteiger partial charge in [0.05, 0.1) is 6.54 Å². The van der Waals surface area contributed by atoms with Crippen LogP contribution in [0.2, 0.25) is 0 Å². The van der Waals surface area contributed by atoms with E-state index in [9.17, 15) is 4.79 Å². The molecule has 0 radical (unpaired) electrons. The Morgan fingerprint density at radius 3 is 2.80 bits per heavy atom. The van der Waals surface area contributed by atoms with E-state index in [-0.39, 0.29) is 5.56 Å². The van der Waals surface area contributed by atoms with Crippen LogP contribution < -0.4 is 5.32 Å². The highest BCUT2D eigenvalue weighted by atomic mass is 16.4. The van der Waals surface area contributed by atoms with Crippen molar-refractivity contribution in [3.05, 3.63) is 35.3 Å². The van der Waals surface area contributed by atoms with Gasteiger partial charge in [-0.2, -0.15) is 0 Å². The van der Waals surface area contributed by atoms with Gasteiger partial charge < -0.3 is 14.8 Å². The number of rotatable bonds is 5. The van der Waals surface area contributed by atoms with Gasteiger partial charge in [-0.1, -0.05) is 12.2 Å². The Hall–Kier alpha value is -1.55.